The van der Waals surface area contributed by atoms with E-state index in [2.05, 4.69) is 0 Å². The molecule has 0 saturated heterocycles. The van der Waals surface area contributed by atoms with Crippen LogP contribution in [0.3, 0.4) is 0 Å². The lowest BCUT2D eigenvalue weighted by molar-refractivity contribution is 0.685. The number of hydrogen-bond donors (Lipinski definition) is 0. The van der Waals surface area contributed by atoms with Crippen molar-refractivity contribution in [2.45, 2.75) is 0 Å². The Labute approximate surface area is 33.5 Å². The van der Waals surface area contributed by atoms with Crippen LogP contribution in [0, 0.1) is 0 Å². The van der Waals surface area contributed by atoms with Gasteiger partial charge in [-0.3, -0.25) is 4.70 Å². The molecule has 5 nitrogen and oxygen atoms in total. The van der Waals surface area contributed by atoms with Crippen LogP contribution in [0.5, 0.6) is 0 Å². The van der Waals surface area contributed by atoms with Crippen molar-refractivity contribution in [2.75, 3.05) is 0 Å². The van der Waals surface area contributed by atoms with E-state index in [9.17, 15) is 0 Å². The minimum Gasteiger partial charge on any atom is -0.269 e. The molecule has 0 aromatic carbocycles. The van der Waals surface area contributed by atoms with Crippen LogP contribution in [0.4, 0.5) is 4.70 Å². The van der Waals surface area contributed by atoms with E-state index in [-0.39, 0.29) is 32.1 Å². The van der Waals surface area contributed by atoms with E-state index in [1.165, 1.54) is 0 Å². The standard InChI is InChI=1S/FH.5O/h1H;;;;;. The highest BCUT2D eigenvalue weighted by molar-refractivity contribution is 1.11. The summed E-state index contributed by atoms with van der Waals surface area (Å²) in [4.78, 5) is 0. The molecule has 6 heteroatoms. The monoisotopic (exact) mass is 100.0 g/mol. The maximum absolute atomic E-state index is 0. The predicted molar refractivity (Wildman–Crippen MR) is 5.94 cm³/mol. The molecule has 0 amide bonds. The zero-order chi connectivity index (χ0) is 0. The smallest absolute Gasteiger partial charge is 0 e. The van der Waals surface area contributed by atoms with Gasteiger partial charge >= 0.3 is 0 Å². The van der Waals surface area contributed by atoms with Crippen molar-refractivity contribution in [2.24, 2.45) is 0 Å². The molecule has 0 N–H and O–H groups in total. The molecule has 0 atom stereocenters. The topological polar surface area (TPSA) is 142 Å². The lowest BCUT2D eigenvalue weighted by Crippen LogP contribution is -0.120. The fraction of sp³-hybridized carbons (Fsp3) is 0. The third-order valence-electron chi connectivity index (χ3n) is 0. The van der Waals surface area contributed by atoms with Crippen LogP contribution >= 0.6 is 0 Å². The third kappa shape index (κ3) is 381. The molecule has 0 rings (SSSR count). The molecular weight excluding hydrogens is 99.0 g/mol. The normalized spacial score (nSPS) is 0. The van der Waals surface area contributed by atoms with E-state index in [0.717, 1.165) is 0 Å². The van der Waals surface area contributed by atoms with Gasteiger partial charge in [-0.05, 0) is 0 Å². The maximum Gasteiger partial charge on any atom is 0 e. The average molecular weight is 100 g/mol. The van der Waals surface area contributed by atoms with E-state index in [1.54, 1.807) is 0 Å². The van der Waals surface area contributed by atoms with Gasteiger partial charge in [-0.25, -0.2) is 0 Å². The average Bonchev–Trinajstić information content (AvgIpc) is 0. The van der Waals surface area contributed by atoms with Gasteiger partial charge in [0.05, 0.1) is 0 Å². The first-order chi connectivity index (χ1) is 0. The van der Waals surface area contributed by atoms with Crippen molar-refractivity contribution in [3.05, 3.63) is 0 Å². The number of rotatable bonds is 0. The van der Waals surface area contributed by atoms with E-state index in [0.29, 0.717) is 0 Å². The molecular formula is HFO5. The van der Waals surface area contributed by atoms with E-state index in [4.69, 9.17) is 0 Å². The Hall–Kier alpha value is -0.270. The van der Waals surface area contributed by atoms with Gasteiger partial charge in [0.25, 0.3) is 0 Å². The molecule has 10 radical (unpaired) electrons. The van der Waals surface area contributed by atoms with Gasteiger partial charge in [0.1, 0.15) is 0 Å². The molecule has 0 heterocycles. The van der Waals surface area contributed by atoms with Gasteiger partial charge in [-0.1, -0.05) is 0 Å². The van der Waals surface area contributed by atoms with Crippen LogP contribution in [-0.2, 0) is 27.4 Å². The summed E-state index contributed by atoms with van der Waals surface area (Å²) < 4.78 is 0. The molecule has 0 aliphatic heterocycles. The largest absolute Gasteiger partial charge is 0.269 e. The van der Waals surface area contributed by atoms with Crippen LogP contribution in [0.2, 0.25) is 0 Å². The van der Waals surface area contributed by atoms with Crippen LogP contribution in [0.15, 0.2) is 0 Å². The van der Waals surface area contributed by atoms with Gasteiger partial charge in [-0.15, -0.1) is 0 Å². The molecule has 0 bridgehead atoms. The first kappa shape index (κ1) is 1760. The zero-order valence-corrected chi connectivity index (χ0v) is 2.45. The molecule has 0 unspecified atom stereocenters. The number of hydrogen-bond acceptors (Lipinski definition) is 0. The summed E-state index contributed by atoms with van der Waals surface area (Å²) in [6.07, 6.45) is 0. The van der Waals surface area contributed by atoms with Crippen molar-refractivity contribution in [3.63, 3.8) is 0 Å². The lowest BCUT2D eigenvalue weighted by atomic mass is 16.0. The molecule has 0 aromatic rings. The highest BCUT2D eigenvalue weighted by Gasteiger charge is 0.00402. The molecule has 0 aromatic heterocycles. The summed E-state index contributed by atoms with van der Waals surface area (Å²) in [5, 5.41) is 0. The van der Waals surface area contributed by atoms with Crippen molar-refractivity contribution >= 4 is 0 Å². The minimum atomic E-state index is 0. The Morgan fingerprint density at radius 2 is 0.333 bits per heavy atom. The Morgan fingerprint density at radius 1 is 0.333 bits per heavy atom. The minimum absolute atomic E-state index is 0. The SMILES string of the molecule is F.[O].[O].[O].[O].[O]. The Morgan fingerprint density at radius 3 is 0.333 bits per heavy atom. The fourth-order valence-corrected chi connectivity index (χ4v) is 0. The van der Waals surface area contributed by atoms with Crippen molar-refractivity contribution in [3.8, 4) is 0 Å². The highest BCUT2D eigenvalue weighted by atomic mass is 19.0. The van der Waals surface area contributed by atoms with E-state index in [1.807, 2.05) is 0 Å². The van der Waals surface area contributed by atoms with Crippen LogP contribution in [0.25, 0.3) is 0 Å². The van der Waals surface area contributed by atoms with Crippen molar-refractivity contribution < 1.29 is 32.1 Å². The predicted octanol–water partition coefficient (Wildman–Crippen LogP) is -0.442. The number of halogens is 1. The van der Waals surface area contributed by atoms with Crippen LogP contribution < -0.4 is 0 Å². The second-order valence-electron chi connectivity index (χ2n) is 0. The lowest BCUT2D eigenvalue weighted by Gasteiger charge is -0.269. The molecule has 0 aliphatic rings. The third-order valence-corrected chi connectivity index (χ3v) is 0. The molecule has 38 valence electrons. The van der Waals surface area contributed by atoms with Crippen molar-refractivity contribution in [1.82, 2.24) is 0 Å². The van der Waals surface area contributed by atoms with Gasteiger partial charge in [0, 0.05) is 27.4 Å². The summed E-state index contributed by atoms with van der Waals surface area (Å²) in [6, 6.07) is 0. The second kappa shape index (κ2) is 903. The van der Waals surface area contributed by atoms with Gasteiger partial charge in [-0.2, -0.15) is 0 Å². The van der Waals surface area contributed by atoms with Gasteiger partial charge < -0.3 is 0 Å². The quantitative estimate of drug-likeness (QED) is 0.388. The summed E-state index contributed by atoms with van der Waals surface area (Å²) in [7, 11) is 0. The molecule has 6 heavy (non-hydrogen) atoms. The van der Waals surface area contributed by atoms with Gasteiger partial charge in [0.15, 0.2) is 0 Å². The highest BCUT2D eigenvalue weighted by Crippen LogP contribution is 0.420. The molecule has 0 spiro atoms. The molecule has 0 aliphatic carbocycles. The Balaban J connectivity index is 0. The van der Waals surface area contributed by atoms with Gasteiger partial charge in [0.2, 0.25) is 0 Å². The molecule has 0 fully saturated rings. The second-order valence-corrected chi connectivity index (χ2v) is 0. The van der Waals surface area contributed by atoms with Crippen LogP contribution in [-0.4, -0.2) is 0 Å². The summed E-state index contributed by atoms with van der Waals surface area (Å²) >= 11 is 0. The fourth-order valence-electron chi connectivity index (χ4n) is 0. The van der Waals surface area contributed by atoms with Crippen molar-refractivity contribution in [1.29, 1.82) is 0 Å². The summed E-state index contributed by atoms with van der Waals surface area (Å²) in [5.74, 6) is 0. The Bertz CT molecular complexity index is 3.90. The first-order valence-corrected chi connectivity index (χ1v) is 0. The van der Waals surface area contributed by atoms with Crippen LogP contribution in [0.1, 0.15) is 0 Å². The first-order valence-electron chi connectivity index (χ1n) is 0. The summed E-state index contributed by atoms with van der Waals surface area (Å²) in [6.45, 7) is 0. The van der Waals surface area contributed by atoms with E-state index >= 15 is 0 Å². The Kier molecular flexibility index (Phi) is 265000. The zero-order valence-electron chi connectivity index (χ0n) is 2.45. The summed E-state index contributed by atoms with van der Waals surface area (Å²) in [5.41, 5.74) is 0. The van der Waals surface area contributed by atoms with E-state index < -0.39 is 0 Å². The maximum atomic E-state index is 0. The molecule has 0 saturated carbocycles.